The third-order valence-electron chi connectivity index (χ3n) is 5.07. The van der Waals surface area contributed by atoms with Crippen molar-refractivity contribution in [2.75, 3.05) is 26.1 Å². The van der Waals surface area contributed by atoms with Crippen LogP contribution in [-0.2, 0) is 30.9 Å². The van der Waals surface area contributed by atoms with Gasteiger partial charge < -0.3 is 28.6 Å². The van der Waals surface area contributed by atoms with Crippen LogP contribution in [0.1, 0.15) is 25.8 Å². The molecule has 1 heterocycles. The largest absolute Gasteiger partial charge is 1.00 e. The minimum Gasteiger partial charge on any atom is -0.748 e. The summed E-state index contributed by atoms with van der Waals surface area (Å²) >= 11 is 0. The van der Waals surface area contributed by atoms with Gasteiger partial charge in [0.25, 0.3) is 0 Å². The van der Waals surface area contributed by atoms with E-state index in [1.165, 1.54) is 0 Å². The molecule has 0 saturated carbocycles. The molecule has 5 atom stereocenters. The van der Waals surface area contributed by atoms with Crippen LogP contribution in [0.5, 0.6) is 5.75 Å². The Morgan fingerprint density at radius 3 is 2.34 bits per heavy atom. The number of hydrogen-bond donors (Lipinski definition) is 1. The Hall–Kier alpha value is -0.230. The second-order valence-corrected chi connectivity index (χ2v) is 8.51. The van der Waals surface area contributed by atoms with Crippen LogP contribution in [0.2, 0.25) is 0 Å². The Kier molecular flexibility index (Phi) is 11.6. The fourth-order valence-corrected chi connectivity index (χ4v) is 3.98. The van der Waals surface area contributed by atoms with Crippen molar-refractivity contribution in [2.24, 2.45) is 11.8 Å². The monoisotopic (exact) mass is 440 g/mol. The first-order chi connectivity index (χ1) is 13.2. The van der Waals surface area contributed by atoms with E-state index in [0.717, 1.165) is 11.3 Å². The summed E-state index contributed by atoms with van der Waals surface area (Å²) in [4.78, 5) is 0. The Balaban J connectivity index is 0.00000420. The second kappa shape index (κ2) is 12.6. The molecule has 0 radical (unpaired) electrons. The van der Waals surface area contributed by atoms with Gasteiger partial charge >= 0.3 is 29.6 Å². The number of ether oxygens (including phenoxy) is 4. The van der Waals surface area contributed by atoms with E-state index >= 15 is 0 Å². The van der Waals surface area contributed by atoms with Gasteiger partial charge in [-0.05, 0) is 36.0 Å². The van der Waals surface area contributed by atoms with Crippen LogP contribution in [0, 0.1) is 11.8 Å². The standard InChI is InChI=1S/C19H30O8S.Na/c1-13-14(2)18(26-11-15-5-7-16(24-3)8-6-15)19(25-10-4-9-20)27-17(13)12-28(21,22)23;/h5-8,13-14,17-20H,4,9-12H2,1-3H3,(H,21,22,23);/q;+1/p-1/t13-,14-,17+,18+,19+;/m0./s1. The molecule has 1 aromatic carbocycles. The van der Waals surface area contributed by atoms with Crippen LogP contribution >= 0.6 is 0 Å². The van der Waals surface area contributed by atoms with Gasteiger partial charge in [-0.25, -0.2) is 8.42 Å². The van der Waals surface area contributed by atoms with Crippen molar-refractivity contribution in [3.63, 3.8) is 0 Å². The van der Waals surface area contributed by atoms with E-state index in [1.807, 2.05) is 38.1 Å². The summed E-state index contributed by atoms with van der Waals surface area (Å²) in [6.07, 6.45) is -1.61. The summed E-state index contributed by atoms with van der Waals surface area (Å²) < 4.78 is 56.3. The quantitative estimate of drug-likeness (QED) is 0.266. The first-order valence-corrected chi connectivity index (χ1v) is 10.9. The predicted molar refractivity (Wildman–Crippen MR) is 101 cm³/mol. The molecule has 1 aromatic rings. The molecule has 1 aliphatic heterocycles. The number of rotatable bonds is 10. The van der Waals surface area contributed by atoms with Crippen LogP contribution < -0.4 is 34.3 Å². The Morgan fingerprint density at radius 2 is 1.79 bits per heavy atom. The van der Waals surface area contributed by atoms with Crippen molar-refractivity contribution in [3.8, 4) is 5.75 Å². The fraction of sp³-hybridized carbons (Fsp3) is 0.684. The first kappa shape index (κ1) is 26.8. The molecule has 0 aromatic heterocycles. The van der Waals surface area contributed by atoms with Crippen molar-refractivity contribution in [1.82, 2.24) is 0 Å². The maximum Gasteiger partial charge on any atom is 1.00 e. The summed E-state index contributed by atoms with van der Waals surface area (Å²) in [5.74, 6) is -0.164. The number of hydrogen-bond acceptors (Lipinski definition) is 8. The third kappa shape index (κ3) is 8.43. The van der Waals surface area contributed by atoms with Crippen LogP contribution in [0.15, 0.2) is 24.3 Å². The molecule has 1 N–H and O–H groups in total. The molecule has 0 unspecified atom stereocenters. The maximum atomic E-state index is 11.2. The Morgan fingerprint density at radius 1 is 1.14 bits per heavy atom. The van der Waals surface area contributed by atoms with E-state index < -0.39 is 34.4 Å². The van der Waals surface area contributed by atoms with E-state index in [0.29, 0.717) is 13.0 Å². The first-order valence-electron chi connectivity index (χ1n) is 9.31. The van der Waals surface area contributed by atoms with E-state index in [-0.39, 0.29) is 54.6 Å². The molecule has 10 heteroatoms. The van der Waals surface area contributed by atoms with E-state index in [2.05, 4.69) is 0 Å². The Bertz CT molecular complexity index is 697. The molecule has 0 spiro atoms. The van der Waals surface area contributed by atoms with Gasteiger partial charge in [0.05, 0.1) is 42.3 Å². The van der Waals surface area contributed by atoms with Crippen molar-refractivity contribution < 1.29 is 66.6 Å². The molecular weight excluding hydrogens is 411 g/mol. The van der Waals surface area contributed by atoms with Gasteiger partial charge in [0.2, 0.25) is 0 Å². The zero-order chi connectivity index (χ0) is 20.7. The molecule has 2 rings (SSSR count). The van der Waals surface area contributed by atoms with E-state index in [1.54, 1.807) is 7.11 Å². The van der Waals surface area contributed by atoms with Gasteiger partial charge in [0.1, 0.15) is 11.9 Å². The molecule has 8 nitrogen and oxygen atoms in total. The fourth-order valence-electron chi connectivity index (χ4n) is 3.19. The molecule has 1 fully saturated rings. The van der Waals surface area contributed by atoms with Crippen molar-refractivity contribution in [2.45, 2.75) is 45.4 Å². The van der Waals surface area contributed by atoms with Gasteiger partial charge in [-0.1, -0.05) is 26.0 Å². The minimum absolute atomic E-state index is 0. The van der Waals surface area contributed by atoms with Crippen LogP contribution in [0.4, 0.5) is 0 Å². The zero-order valence-corrected chi connectivity index (χ0v) is 20.3. The van der Waals surface area contributed by atoms with E-state index in [4.69, 9.17) is 24.1 Å². The van der Waals surface area contributed by atoms with Gasteiger partial charge in [-0.3, -0.25) is 0 Å². The maximum absolute atomic E-state index is 11.2. The topological polar surface area (TPSA) is 114 Å². The van der Waals surface area contributed by atoms with Gasteiger partial charge in [-0.15, -0.1) is 0 Å². The number of benzene rings is 1. The normalized spacial score (nSPS) is 27.3. The zero-order valence-electron chi connectivity index (χ0n) is 17.4. The van der Waals surface area contributed by atoms with Crippen molar-refractivity contribution in [3.05, 3.63) is 29.8 Å². The van der Waals surface area contributed by atoms with Crippen molar-refractivity contribution >= 4 is 10.1 Å². The number of aliphatic hydroxyl groups excluding tert-OH is 1. The molecule has 0 amide bonds. The van der Waals surface area contributed by atoms with Gasteiger partial charge in [0, 0.05) is 6.61 Å². The second-order valence-electron chi connectivity index (χ2n) is 7.06. The van der Waals surface area contributed by atoms with E-state index in [9.17, 15) is 13.0 Å². The SMILES string of the molecule is COc1ccc(CO[C@H]2[C@H](OCCCO)O[C@H](CS(=O)(=O)[O-])[C@@H](C)[C@@H]2C)cc1.[Na+]. The summed E-state index contributed by atoms with van der Waals surface area (Å²) in [6.45, 7) is 4.29. The summed E-state index contributed by atoms with van der Waals surface area (Å²) in [6, 6.07) is 7.47. The predicted octanol–water partition coefficient (Wildman–Crippen LogP) is -1.47. The average Bonchev–Trinajstić information content (AvgIpc) is 2.65. The summed E-state index contributed by atoms with van der Waals surface area (Å²) in [5.41, 5.74) is 0.944. The Labute approximate surface area is 194 Å². The molecule has 29 heavy (non-hydrogen) atoms. The molecule has 160 valence electrons. The number of aliphatic hydroxyl groups is 1. The molecule has 1 saturated heterocycles. The molecule has 0 aliphatic carbocycles. The summed E-state index contributed by atoms with van der Waals surface area (Å²) in [7, 11) is -2.83. The number of methoxy groups -OCH3 is 1. The third-order valence-corrected chi connectivity index (χ3v) is 5.80. The van der Waals surface area contributed by atoms with Crippen LogP contribution in [0.3, 0.4) is 0 Å². The smallest absolute Gasteiger partial charge is 0.748 e. The van der Waals surface area contributed by atoms with Gasteiger partial charge in [-0.2, -0.15) is 0 Å². The van der Waals surface area contributed by atoms with Crippen molar-refractivity contribution in [1.29, 1.82) is 0 Å². The van der Waals surface area contributed by atoms with Crippen LogP contribution in [-0.4, -0.2) is 62.7 Å². The summed E-state index contributed by atoms with van der Waals surface area (Å²) in [5, 5.41) is 8.97. The molecule has 0 bridgehead atoms. The average molecular weight is 440 g/mol. The molecule has 1 aliphatic rings. The minimum atomic E-state index is -4.43. The van der Waals surface area contributed by atoms with Crippen LogP contribution in [0.25, 0.3) is 0 Å². The van der Waals surface area contributed by atoms with Gasteiger partial charge in [0.15, 0.2) is 6.29 Å². The molecular formula is C19H29NaO8S.